The first-order valence-electron chi connectivity index (χ1n) is 8.45. The van der Waals surface area contributed by atoms with Crippen molar-refractivity contribution >= 4 is 28.3 Å². The number of hydrogen-bond acceptors (Lipinski definition) is 7. The average molecular weight is 392 g/mol. The maximum absolute atomic E-state index is 12.1. The molecule has 0 saturated heterocycles. The monoisotopic (exact) mass is 392 g/mol. The molecule has 8 nitrogen and oxygen atoms in total. The van der Waals surface area contributed by atoms with Gasteiger partial charge in [-0.3, -0.25) is 5.32 Å². The highest BCUT2D eigenvalue weighted by Gasteiger charge is 2.10. The minimum absolute atomic E-state index is 0.337. The van der Waals surface area contributed by atoms with Gasteiger partial charge in [-0.25, -0.2) is 4.79 Å². The van der Waals surface area contributed by atoms with E-state index in [0.29, 0.717) is 22.3 Å². The zero-order valence-electron chi connectivity index (χ0n) is 15.1. The molecule has 2 aromatic heterocycles. The Balaban J connectivity index is 1.51. The van der Waals surface area contributed by atoms with Crippen molar-refractivity contribution in [1.29, 1.82) is 0 Å². The van der Waals surface area contributed by atoms with Crippen molar-refractivity contribution in [1.82, 2.24) is 19.8 Å². The zero-order chi connectivity index (χ0) is 19.5. The first kappa shape index (κ1) is 17.8. The van der Waals surface area contributed by atoms with Crippen LogP contribution < -0.4 is 10.6 Å². The number of nitrogens with one attached hydrogen (secondary N) is 2. The van der Waals surface area contributed by atoms with Crippen LogP contribution in [0, 0.1) is 13.8 Å². The van der Waals surface area contributed by atoms with E-state index in [1.54, 1.807) is 6.92 Å². The molecular formula is C19H16N6O2S. The molecule has 2 N–H and O–H groups in total. The standard InChI is InChI=1S/C19H16N6O2S/c1-11-3-4-14(17-24-20-10-27-17)9-16(11)13-5-7-15(8-6-13)21-19(26)22-18-12(2)23-25-28-18/h3-10H,1-2H3,(H2,21,22,26). The van der Waals surface area contributed by atoms with Gasteiger partial charge in [0, 0.05) is 22.8 Å². The summed E-state index contributed by atoms with van der Waals surface area (Å²) in [5, 5.41) is 17.7. The van der Waals surface area contributed by atoms with Crippen LogP contribution in [0.4, 0.5) is 15.5 Å². The van der Waals surface area contributed by atoms with Crippen molar-refractivity contribution in [2.75, 3.05) is 10.6 Å². The van der Waals surface area contributed by atoms with Gasteiger partial charge in [0.15, 0.2) is 0 Å². The number of anilines is 2. The summed E-state index contributed by atoms with van der Waals surface area (Å²) in [5.74, 6) is 0.476. The van der Waals surface area contributed by atoms with Gasteiger partial charge in [0.2, 0.25) is 12.3 Å². The van der Waals surface area contributed by atoms with E-state index in [1.165, 1.54) is 6.39 Å². The highest BCUT2D eigenvalue weighted by molar-refractivity contribution is 7.10. The summed E-state index contributed by atoms with van der Waals surface area (Å²) in [6, 6.07) is 13.2. The number of nitrogens with zero attached hydrogens (tertiary/aromatic N) is 4. The molecule has 0 unspecified atom stereocenters. The van der Waals surface area contributed by atoms with Gasteiger partial charge in [-0.2, -0.15) is 0 Å². The number of aryl methyl sites for hydroxylation is 2. The summed E-state index contributed by atoms with van der Waals surface area (Å²) in [6.45, 7) is 3.83. The summed E-state index contributed by atoms with van der Waals surface area (Å²) in [5.41, 5.74) is 5.42. The number of carbonyl (C=O) groups is 1. The van der Waals surface area contributed by atoms with Crippen molar-refractivity contribution in [3.63, 3.8) is 0 Å². The molecule has 2 aromatic carbocycles. The number of aromatic nitrogens is 4. The summed E-state index contributed by atoms with van der Waals surface area (Å²) >= 11 is 1.14. The van der Waals surface area contributed by atoms with Crippen molar-refractivity contribution in [2.45, 2.75) is 13.8 Å². The summed E-state index contributed by atoms with van der Waals surface area (Å²) < 4.78 is 9.07. The lowest BCUT2D eigenvalue weighted by molar-refractivity contribution is 0.262. The van der Waals surface area contributed by atoms with E-state index >= 15 is 0 Å². The quantitative estimate of drug-likeness (QED) is 0.529. The molecule has 28 heavy (non-hydrogen) atoms. The van der Waals surface area contributed by atoms with E-state index in [1.807, 2.05) is 49.4 Å². The first-order valence-corrected chi connectivity index (χ1v) is 9.22. The Morgan fingerprint density at radius 2 is 1.79 bits per heavy atom. The van der Waals surface area contributed by atoms with E-state index in [0.717, 1.165) is 33.8 Å². The second-order valence-corrected chi connectivity index (χ2v) is 6.87. The Labute approximate surface area is 164 Å². The van der Waals surface area contributed by atoms with Gasteiger partial charge in [0.05, 0.1) is 5.69 Å². The number of urea groups is 1. The van der Waals surface area contributed by atoms with Crippen LogP contribution in [0.25, 0.3) is 22.6 Å². The van der Waals surface area contributed by atoms with Gasteiger partial charge >= 0.3 is 6.03 Å². The molecule has 2 amide bonds. The number of carbonyl (C=O) groups excluding carboxylic acids is 1. The van der Waals surface area contributed by atoms with Gasteiger partial charge in [-0.05, 0) is 54.8 Å². The van der Waals surface area contributed by atoms with Gasteiger partial charge in [0.25, 0.3) is 0 Å². The molecule has 9 heteroatoms. The zero-order valence-corrected chi connectivity index (χ0v) is 15.9. The van der Waals surface area contributed by atoms with Crippen LogP contribution in [0.5, 0.6) is 0 Å². The Bertz CT molecular complexity index is 1110. The minimum Gasteiger partial charge on any atom is -0.423 e. The number of amides is 2. The Morgan fingerprint density at radius 3 is 2.46 bits per heavy atom. The summed E-state index contributed by atoms with van der Waals surface area (Å²) in [4.78, 5) is 12.1. The van der Waals surface area contributed by atoms with Crippen molar-refractivity contribution < 1.29 is 9.21 Å². The van der Waals surface area contributed by atoms with Gasteiger partial charge in [-0.1, -0.05) is 22.7 Å². The third-order valence-corrected chi connectivity index (χ3v) is 4.92. The van der Waals surface area contributed by atoms with Crippen molar-refractivity contribution in [3.8, 4) is 22.6 Å². The van der Waals surface area contributed by atoms with Crippen LogP contribution in [0.1, 0.15) is 11.3 Å². The van der Waals surface area contributed by atoms with Gasteiger partial charge < -0.3 is 9.73 Å². The van der Waals surface area contributed by atoms with Crippen LogP contribution in [-0.2, 0) is 0 Å². The predicted molar refractivity (Wildman–Crippen MR) is 107 cm³/mol. The topological polar surface area (TPSA) is 106 Å². The largest absolute Gasteiger partial charge is 0.423 e. The molecule has 0 aliphatic carbocycles. The molecule has 0 radical (unpaired) electrons. The van der Waals surface area contributed by atoms with Crippen molar-refractivity contribution in [3.05, 3.63) is 60.1 Å². The van der Waals surface area contributed by atoms with Crippen LogP contribution >= 0.6 is 11.5 Å². The van der Waals surface area contributed by atoms with E-state index in [-0.39, 0.29) is 6.03 Å². The SMILES string of the molecule is Cc1ccc(-c2nnco2)cc1-c1ccc(NC(=O)Nc2snnc2C)cc1. The van der Waals surface area contributed by atoms with E-state index in [9.17, 15) is 4.79 Å². The average Bonchev–Trinajstić information content (AvgIpc) is 3.36. The molecule has 140 valence electrons. The third kappa shape index (κ3) is 3.74. The molecule has 0 aliphatic rings. The van der Waals surface area contributed by atoms with E-state index < -0.39 is 0 Å². The summed E-state index contributed by atoms with van der Waals surface area (Å²) in [7, 11) is 0. The number of benzene rings is 2. The lowest BCUT2D eigenvalue weighted by Crippen LogP contribution is -2.19. The minimum atomic E-state index is -0.337. The summed E-state index contributed by atoms with van der Waals surface area (Å²) in [6.07, 6.45) is 1.31. The van der Waals surface area contributed by atoms with E-state index in [4.69, 9.17) is 4.42 Å². The third-order valence-electron chi connectivity index (χ3n) is 4.18. The van der Waals surface area contributed by atoms with Crippen LogP contribution in [0.15, 0.2) is 53.3 Å². The maximum Gasteiger partial charge on any atom is 0.324 e. The van der Waals surface area contributed by atoms with Crippen LogP contribution in [0.3, 0.4) is 0 Å². The lowest BCUT2D eigenvalue weighted by atomic mass is 9.98. The number of hydrogen-bond donors (Lipinski definition) is 2. The normalized spacial score (nSPS) is 10.6. The highest BCUT2D eigenvalue weighted by atomic mass is 32.1. The molecular weight excluding hydrogens is 376 g/mol. The Morgan fingerprint density at radius 1 is 1.00 bits per heavy atom. The number of rotatable bonds is 4. The van der Waals surface area contributed by atoms with Crippen LogP contribution in [0.2, 0.25) is 0 Å². The fourth-order valence-corrected chi connectivity index (χ4v) is 3.27. The second kappa shape index (κ2) is 7.57. The predicted octanol–water partition coefficient (Wildman–Crippen LogP) is 4.52. The molecule has 0 fully saturated rings. The molecule has 0 atom stereocenters. The van der Waals surface area contributed by atoms with Crippen molar-refractivity contribution in [2.24, 2.45) is 0 Å². The van der Waals surface area contributed by atoms with E-state index in [2.05, 4.69) is 30.4 Å². The molecule has 0 bridgehead atoms. The fourth-order valence-electron chi connectivity index (χ4n) is 2.71. The maximum atomic E-state index is 12.1. The Hall–Kier alpha value is -3.59. The molecule has 0 spiro atoms. The molecule has 0 saturated carbocycles. The molecule has 0 aliphatic heterocycles. The molecule has 2 heterocycles. The van der Waals surface area contributed by atoms with Gasteiger partial charge in [-0.15, -0.1) is 15.3 Å². The molecule has 4 rings (SSSR count). The molecule has 4 aromatic rings. The highest BCUT2D eigenvalue weighted by Crippen LogP contribution is 2.29. The van der Waals surface area contributed by atoms with Crippen LogP contribution in [-0.4, -0.2) is 25.8 Å². The first-order chi connectivity index (χ1) is 13.6. The second-order valence-electron chi connectivity index (χ2n) is 6.12. The van der Waals surface area contributed by atoms with Gasteiger partial charge in [0.1, 0.15) is 5.00 Å². The lowest BCUT2D eigenvalue weighted by Gasteiger charge is -2.10. The Kier molecular flexibility index (Phi) is 4.81. The smallest absolute Gasteiger partial charge is 0.324 e. The fraction of sp³-hybridized carbons (Fsp3) is 0.105.